The topological polar surface area (TPSA) is 34.2 Å². The van der Waals surface area contributed by atoms with Gasteiger partial charge in [0.15, 0.2) is 11.6 Å². The maximum Gasteiger partial charge on any atom is 0.168 e. The number of pyridine rings is 1. The lowest BCUT2D eigenvalue weighted by atomic mass is 9.84. The van der Waals surface area contributed by atoms with Crippen LogP contribution in [-0.4, -0.2) is 18.1 Å². The molecule has 1 heterocycles. The number of anilines is 1. The average Bonchev–Trinajstić information content (AvgIpc) is 2.40. The number of hydrogen-bond donors (Lipinski definition) is 1. The molecule has 0 spiro atoms. The molecule has 1 fully saturated rings. The molecular formula is C14H22N2O. The summed E-state index contributed by atoms with van der Waals surface area (Å²) in [7, 11) is 1.69. The standard InChI is InChI=1S/C14H22N2O/c1-3-11-6-8-12(9-7-11)16-14-13(17-2)5-4-10-15-14/h4-5,10-12H,3,6-9H2,1-2H3,(H,15,16). The molecule has 0 atom stereocenters. The molecule has 0 bridgehead atoms. The normalized spacial score (nSPS) is 24.4. The van der Waals surface area contributed by atoms with Crippen LogP contribution in [0.1, 0.15) is 39.0 Å². The van der Waals surface area contributed by atoms with Crippen molar-refractivity contribution in [3.8, 4) is 5.75 Å². The summed E-state index contributed by atoms with van der Waals surface area (Å²) in [5, 5.41) is 3.51. The van der Waals surface area contributed by atoms with Gasteiger partial charge in [-0.15, -0.1) is 0 Å². The van der Waals surface area contributed by atoms with Gasteiger partial charge in [-0.1, -0.05) is 13.3 Å². The maximum absolute atomic E-state index is 5.30. The summed E-state index contributed by atoms with van der Waals surface area (Å²) >= 11 is 0. The van der Waals surface area contributed by atoms with E-state index in [1.54, 1.807) is 7.11 Å². The Labute approximate surface area is 104 Å². The number of hydrogen-bond acceptors (Lipinski definition) is 3. The van der Waals surface area contributed by atoms with Crippen molar-refractivity contribution >= 4 is 5.82 Å². The summed E-state index contributed by atoms with van der Waals surface area (Å²) in [5.74, 6) is 2.65. The lowest BCUT2D eigenvalue weighted by Crippen LogP contribution is -2.26. The Morgan fingerprint density at radius 1 is 1.35 bits per heavy atom. The van der Waals surface area contributed by atoms with Crippen LogP contribution in [0.5, 0.6) is 5.75 Å². The minimum Gasteiger partial charge on any atom is -0.493 e. The third-order valence-electron chi connectivity index (χ3n) is 3.76. The monoisotopic (exact) mass is 234 g/mol. The summed E-state index contributed by atoms with van der Waals surface area (Å²) in [6, 6.07) is 4.41. The zero-order valence-electron chi connectivity index (χ0n) is 10.8. The fraction of sp³-hybridized carbons (Fsp3) is 0.643. The van der Waals surface area contributed by atoms with Crippen molar-refractivity contribution in [1.29, 1.82) is 0 Å². The summed E-state index contributed by atoms with van der Waals surface area (Å²) in [4.78, 5) is 4.35. The smallest absolute Gasteiger partial charge is 0.168 e. The minimum atomic E-state index is 0.557. The predicted molar refractivity (Wildman–Crippen MR) is 70.4 cm³/mol. The van der Waals surface area contributed by atoms with E-state index in [-0.39, 0.29) is 0 Å². The number of nitrogens with zero attached hydrogens (tertiary/aromatic N) is 1. The van der Waals surface area contributed by atoms with Gasteiger partial charge < -0.3 is 10.1 Å². The molecule has 94 valence electrons. The van der Waals surface area contributed by atoms with Gasteiger partial charge in [0.05, 0.1) is 7.11 Å². The highest BCUT2D eigenvalue weighted by Gasteiger charge is 2.20. The molecule has 2 rings (SSSR count). The van der Waals surface area contributed by atoms with Crippen LogP contribution in [0.25, 0.3) is 0 Å². The first-order chi connectivity index (χ1) is 8.33. The van der Waals surface area contributed by atoms with Crippen LogP contribution in [0.2, 0.25) is 0 Å². The second kappa shape index (κ2) is 5.89. The largest absolute Gasteiger partial charge is 0.493 e. The Balaban J connectivity index is 1.93. The average molecular weight is 234 g/mol. The van der Waals surface area contributed by atoms with Gasteiger partial charge in [-0.25, -0.2) is 4.98 Å². The second-order valence-corrected chi connectivity index (χ2v) is 4.82. The molecule has 1 saturated carbocycles. The fourth-order valence-corrected chi connectivity index (χ4v) is 2.57. The van der Waals surface area contributed by atoms with Crippen LogP contribution in [-0.2, 0) is 0 Å². The van der Waals surface area contributed by atoms with Crippen molar-refractivity contribution < 1.29 is 4.74 Å². The number of aromatic nitrogens is 1. The summed E-state index contributed by atoms with van der Waals surface area (Å²) < 4.78 is 5.30. The van der Waals surface area contributed by atoms with Crippen molar-refractivity contribution in [3.63, 3.8) is 0 Å². The first kappa shape index (κ1) is 12.2. The quantitative estimate of drug-likeness (QED) is 0.866. The molecule has 3 heteroatoms. The molecular weight excluding hydrogens is 212 g/mol. The van der Waals surface area contributed by atoms with Gasteiger partial charge in [-0.3, -0.25) is 0 Å². The first-order valence-corrected chi connectivity index (χ1v) is 6.59. The van der Waals surface area contributed by atoms with E-state index in [0.29, 0.717) is 6.04 Å². The molecule has 1 aliphatic carbocycles. The van der Waals surface area contributed by atoms with Crippen molar-refractivity contribution in [2.45, 2.75) is 45.1 Å². The highest BCUT2D eigenvalue weighted by atomic mass is 16.5. The molecule has 1 aromatic rings. The Morgan fingerprint density at radius 2 is 2.12 bits per heavy atom. The van der Waals surface area contributed by atoms with Crippen LogP contribution in [0.4, 0.5) is 5.82 Å². The molecule has 0 radical (unpaired) electrons. The molecule has 0 aliphatic heterocycles. The molecule has 0 saturated heterocycles. The van der Waals surface area contributed by atoms with E-state index < -0.39 is 0 Å². The summed E-state index contributed by atoms with van der Waals surface area (Å²) in [6.45, 7) is 2.29. The molecule has 17 heavy (non-hydrogen) atoms. The van der Waals surface area contributed by atoms with Crippen LogP contribution in [0.3, 0.4) is 0 Å². The van der Waals surface area contributed by atoms with E-state index in [0.717, 1.165) is 17.5 Å². The van der Waals surface area contributed by atoms with E-state index in [1.165, 1.54) is 32.1 Å². The van der Waals surface area contributed by atoms with Gasteiger partial charge in [-0.05, 0) is 43.7 Å². The Kier molecular flexibility index (Phi) is 4.24. The van der Waals surface area contributed by atoms with Gasteiger partial charge in [0.2, 0.25) is 0 Å². The van der Waals surface area contributed by atoms with Crippen LogP contribution in [0, 0.1) is 5.92 Å². The molecule has 1 N–H and O–H groups in total. The predicted octanol–water partition coefficient (Wildman–Crippen LogP) is 3.47. The second-order valence-electron chi connectivity index (χ2n) is 4.82. The molecule has 1 aliphatic rings. The highest BCUT2D eigenvalue weighted by Crippen LogP contribution is 2.30. The van der Waals surface area contributed by atoms with Gasteiger partial charge in [0.25, 0.3) is 0 Å². The number of ether oxygens (including phenoxy) is 1. The molecule has 0 unspecified atom stereocenters. The fourth-order valence-electron chi connectivity index (χ4n) is 2.57. The zero-order valence-corrected chi connectivity index (χ0v) is 10.8. The third-order valence-corrected chi connectivity index (χ3v) is 3.76. The molecule has 0 aromatic carbocycles. The van der Waals surface area contributed by atoms with Gasteiger partial charge in [0.1, 0.15) is 0 Å². The first-order valence-electron chi connectivity index (χ1n) is 6.59. The number of rotatable bonds is 4. The Bertz CT molecular complexity index is 346. The number of methoxy groups -OCH3 is 1. The van der Waals surface area contributed by atoms with Crippen LogP contribution < -0.4 is 10.1 Å². The molecule has 0 amide bonds. The van der Waals surface area contributed by atoms with Crippen molar-refractivity contribution in [2.24, 2.45) is 5.92 Å². The van der Waals surface area contributed by atoms with Gasteiger partial charge in [-0.2, -0.15) is 0 Å². The maximum atomic E-state index is 5.30. The molecule has 1 aromatic heterocycles. The molecule has 3 nitrogen and oxygen atoms in total. The van der Waals surface area contributed by atoms with Crippen molar-refractivity contribution in [3.05, 3.63) is 18.3 Å². The number of nitrogens with one attached hydrogen (secondary N) is 1. The van der Waals surface area contributed by atoms with E-state index in [4.69, 9.17) is 4.74 Å². The third kappa shape index (κ3) is 3.11. The van der Waals surface area contributed by atoms with Gasteiger partial charge >= 0.3 is 0 Å². The van der Waals surface area contributed by atoms with Crippen LogP contribution >= 0.6 is 0 Å². The lowest BCUT2D eigenvalue weighted by molar-refractivity contribution is 0.329. The SMILES string of the molecule is CCC1CCC(Nc2ncccc2OC)CC1. The minimum absolute atomic E-state index is 0.557. The van der Waals surface area contributed by atoms with Crippen LogP contribution in [0.15, 0.2) is 18.3 Å². The summed E-state index contributed by atoms with van der Waals surface area (Å²) in [6.07, 6.45) is 8.30. The van der Waals surface area contributed by atoms with E-state index in [1.807, 2.05) is 18.3 Å². The van der Waals surface area contributed by atoms with Crippen molar-refractivity contribution in [2.75, 3.05) is 12.4 Å². The van der Waals surface area contributed by atoms with Gasteiger partial charge in [0, 0.05) is 12.2 Å². The highest BCUT2D eigenvalue weighted by molar-refractivity contribution is 5.50. The van der Waals surface area contributed by atoms with E-state index >= 15 is 0 Å². The lowest BCUT2D eigenvalue weighted by Gasteiger charge is -2.29. The summed E-state index contributed by atoms with van der Waals surface area (Å²) in [5.41, 5.74) is 0. The Morgan fingerprint density at radius 3 is 2.76 bits per heavy atom. The van der Waals surface area contributed by atoms with Crippen molar-refractivity contribution in [1.82, 2.24) is 4.98 Å². The van der Waals surface area contributed by atoms with E-state index in [9.17, 15) is 0 Å². The van der Waals surface area contributed by atoms with E-state index in [2.05, 4.69) is 17.2 Å². The zero-order chi connectivity index (χ0) is 12.1. The Hall–Kier alpha value is -1.25.